The van der Waals surface area contributed by atoms with E-state index in [0.29, 0.717) is 6.42 Å². The zero-order chi connectivity index (χ0) is 22.9. The lowest BCUT2D eigenvalue weighted by atomic mass is 9.86. The second kappa shape index (κ2) is 11.4. The second-order valence-electron chi connectivity index (χ2n) is 8.52. The number of primary amides is 1. The smallest absolute Gasteiger partial charge is 0.405 e. The van der Waals surface area contributed by atoms with E-state index in [9.17, 15) is 24.0 Å². The van der Waals surface area contributed by atoms with Crippen LogP contribution in [0.5, 0.6) is 0 Å². The predicted molar refractivity (Wildman–Crippen MR) is 107 cm³/mol. The van der Waals surface area contributed by atoms with Gasteiger partial charge < -0.3 is 26.8 Å². The maximum Gasteiger partial charge on any atom is 0.405 e. The van der Waals surface area contributed by atoms with Crippen LogP contribution in [-0.4, -0.2) is 52.8 Å². The molecule has 0 bridgehead atoms. The summed E-state index contributed by atoms with van der Waals surface area (Å²) < 4.78 is 0. The Kier molecular flexibility index (Phi) is 10.3. The van der Waals surface area contributed by atoms with Gasteiger partial charge in [0, 0.05) is 0 Å². The molecule has 0 rings (SSSR count). The molecule has 0 aliphatic carbocycles. The Bertz CT molecular complexity index is 627. The maximum atomic E-state index is 12.8. The van der Waals surface area contributed by atoms with Crippen LogP contribution in [0.2, 0.25) is 0 Å². The Labute approximate surface area is 171 Å². The van der Waals surface area contributed by atoms with E-state index >= 15 is 0 Å². The summed E-state index contributed by atoms with van der Waals surface area (Å²) in [6, 6.07) is -3.18. The lowest BCUT2D eigenvalue weighted by Gasteiger charge is -2.31. The quantitative estimate of drug-likeness (QED) is 0.309. The number of carbonyl (C=O) groups is 5. The summed E-state index contributed by atoms with van der Waals surface area (Å²) in [7, 11) is 0. The van der Waals surface area contributed by atoms with Crippen molar-refractivity contribution in [3.8, 4) is 0 Å². The highest BCUT2D eigenvalue weighted by molar-refractivity contribution is 6.37. The monoisotopic (exact) mass is 414 g/mol. The molecule has 10 nitrogen and oxygen atoms in total. The first-order valence-corrected chi connectivity index (χ1v) is 9.64. The van der Waals surface area contributed by atoms with Crippen LogP contribution < -0.4 is 21.7 Å². The van der Waals surface area contributed by atoms with Crippen LogP contribution in [0.1, 0.15) is 60.8 Å². The van der Waals surface area contributed by atoms with Crippen molar-refractivity contribution in [2.24, 2.45) is 17.1 Å². The minimum atomic E-state index is -1.36. The summed E-state index contributed by atoms with van der Waals surface area (Å²) in [5, 5.41) is 16.3. The van der Waals surface area contributed by atoms with E-state index in [1.54, 1.807) is 27.7 Å². The average Bonchev–Trinajstić information content (AvgIpc) is 2.56. The van der Waals surface area contributed by atoms with E-state index in [-0.39, 0.29) is 18.8 Å². The molecule has 0 aliphatic rings. The van der Waals surface area contributed by atoms with Crippen molar-refractivity contribution in [1.82, 2.24) is 16.0 Å². The van der Waals surface area contributed by atoms with E-state index in [0.717, 1.165) is 0 Å². The van der Waals surface area contributed by atoms with Crippen LogP contribution >= 0.6 is 0 Å². The highest BCUT2D eigenvalue weighted by Gasteiger charge is 2.36. The van der Waals surface area contributed by atoms with E-state index < -0.39 is 53.1 Å². The number of nitrogens with two attached hydrogens (primary N) is 1. The molecule has 166 valence electrons. The van der Waals surface area contributed by atoms with Crippen LogP contribution in [0.25, 0.3) is 0 Å². The molecule has 0 aromatic rings. The number of ketones is 1. The van der Waals surface area contributed by atoms with Gasteiger partial charge in [-0.05, 0) is 24.2 Å². The van der Waals surface area contributed by atoms with Crippen molar-refractivity contribution in [3.05, 3.63) is 0 Å². The van der Waals surface area contributed by atoms with Crippen molar-refractivity contribution in [2.45, 2.75) is 78.9 Å². The number of carboxylic acid groups (broad SMARTS) is 1. The summed E-state index contributed by atoms with van der Waals surface area (Å²) in [5.74, 6) is -3.33. The molecule has 0 saturated heterocycles. The SMILES string of the molecule is CCCC(NC(=O)[C@H](CC(C)C)NC(=O)C(NC(=O)O)C(C)(C)C)C(=O)C(N)=O. The highest BCUT2D eigenvalue weighted by Crippen LogP contribution is 2.20. The molecular formula is C19H34N4O6. The third-order valence-electron chi connectivity index (χ3n) is 4.19. The molecule has 4 amide bonds. The van der Waals surface area contributed by atoms with E-state index in [2.05, 4.69) is 16.0 Å². The van der Waals surface area contributed by atoms with Gasteiger partial charge in [0.2, 0.25) is 17.6 Å². The Hall–Kier alpha value is -2.65. The third-order valence-corrected chi connectivity index (χ3v) is 4.19. The molecule has 0 heterocycles. The largest absolute Gasteiger partial charge is 0.465 e. The fourth-order valence-corrected chi connectivity index (χ4v) is 2.76. The van der Waals surface area contributed by atoms with Crippen LogP contribution in [0.15, 0.2) is 0 Å². The first kappa shape index (κ1) is 26.4. The number of hydrogen-bond donors (Lipinski definition) is 5. The molecule has 0 saturated carbocycles. The Morgan fingerprint density at radius 2 is 1.45 bits per heavy atom. The summed E-state index contributed by atoms with van der Waals surface area (Å²) in [4.78, 5) is 59.7. The lowest BCUT2D eigenvalue weighted by Crippen LogP contribution is -2.59. The van der Waals surface area contributed by atoms with Crippen LogP contribution in [0, 0.1) is 11.3 Å². The Balaban J connectivity index is 5.53. The lowest BCUT2D eigenvalue weighted by molar-refractivity contribution is -0.139. The van der Waals surface area contributed by atoms with Gasteiger partial charge in [-0.2, -0.15) is 0 Å². The van der Waals surface area contributed by atoms with Gasteiger partial charge in [-0.15, -0.1) is 0 Å². The summed E-state index contributed by atoms with van der Waals surface area (Å²) >= 11 is 0. The number of nitrogens with one attached hydrogen (secondary N) is 3. The molecule has 0 spiro atoms. The second-order valence-corrected chi connectivity index (χ2v) is 8.52. The molecule has 3 atom stereocenters. The first-order chi connectivity index (χ1) is 13.2. The van der Waals surface area contributed by atoms with E-state index in [4.69, 9.17) is 10.8 Å². The predicted octanol–water partition coefficient (Wildman–Crippen LogP) is 0.539. The Morgan fingerprint density at radius 1 is 0.931 bits per heavy atom. The summed E-state index contributed by atoms with van der Waals surface area (Å²) in [6.45, 7) is 10.5. The molecule has 0 aliphatic heterocycles. The first-order valence-electron chi connectivity index (χ1n) is 9.64. The van der Waals surface area contributed by atoms with Crippen molar-refractivity contribution in [1.29, 1.82) is 0 Å². The summed E-state index contributed by atoms with van der Waals surface area (Å²) in [5.41, 5.74) is 4.30. The molecule has 10 heteroatoms. The van der Waals surface area contributed by atoms with Crippen molar-refractivity contribution >= 4 is 29.6 Å². The molecule has 0 aromatic carbocycles. The van der Waals surface area contributed by atoms with Gasteiger partial charge in [-0.25, -0.2) is 4.79 Å². The number of amides is 4. The van der Waals surface area contributed by atoms with Gasteiger partial charge in [0.25, 0.3) is 5.91 Å². The zero-order valence-electron chi connectivity index (χ0n) is 18.0. The molecule has 6 N–H and O–H groups in total. The number of carbonyl (C=O) groups excluding carboxylic acids is 4. The Morgan fingerprint density at radius 3 is 1.83 bits per heavy atom. The average molecular weight is 415 g/mol. The van der Waals surface area contributed by atoms with Crippen molar-refractivity contribution in [3.63, 3.8) is 0 Å². The topological polar surface area (TPSA) is 168 Å². The normalized spacial score (nSPS) is 14.4. The molecule has 29 heavy (non-hydrogen) atoms. The number of rotatable bonds is 11. The number of hydrogen-bond acceptors (Lipinski definition) is 5. The number of Topliss-reactive ketones (excluding diaryl/α,β-unsaturated/α-hetero) is 1. The fraction of sp³-hybridized carbons (Fsp3) is 0.737. The van der Waals surface area contributed by atoms with Gasteiger partial charge in [0.15, 0.2) is 0 Å². The third kappa shape index (κ3) is 9.40. The van der Waals surface area contributed by atoms with E-state index in [1.165, 1.54) is 0 Å². The standard InChI is InChI=1S/C19H34N4O6/c1-7-8-11(13(24)15(20)25)21-16(26)12(9-10(2)3)22-17(27)14(19(4,5)6)23-18(28)29/h10-12,14,23H,7-9H2,1-6H3,(H2,20,25)(H,21,26)(H,22,27)(H,28,29)/t11?,12-,14?/m0/s1. The van der Waals surface area contributed by atoms with Gasteiger partial charge in [0.05, 0.1) is 6.04 Å². The van der Waals surface area contributed by atoms with Gasteiger partial charge in [-0.1, -0.05) is 48.0 Å². The molecular weight excluding hydrogens is 380 g/mol. The van der Waals surface area contributed by atoms with Crippen LogP contribution in [-0.2, 0) is 19.2 Å². The minimum absolute atomic E-state index is 0.0167. The van der Waals surface area contributed by atoms with Gasteiger partial charge in [0.1, 0.15) is 12.1 Å². The van der Waals surface area contributed by atoms with E-state index in [1.807, 2.05) is 13.8 Å². The minimum Gasteiger partial charge on any atom is -0.465 e. The molecule has 0 fully saturated rings. The zero-order valence-corrected chi connectivity index (χ0v) is 18.0. The van der Waals surface area contributed by atoms with Crippen molar-refractivity contribution in [2.75, 3.05) is 0 Å². The molecule has 0 aromatic heterocycles. The van der Waals surface area contributed by atoms with Crippen molar-refractivity contribution < 1.29 is 29.1 Å². The van der Waals surface area contributed by atoms with Crippen LogP contribution in [0.4, 0.5) is 4.79 Å². The van der Waals surface area contributed by atoms with Gasteiger partial charge >= 0.3 is 6.09 Å². The van der Waals surface area contributed by atoms with Crippen LogP contribution in [0.3, 0.4) is 0 Å². The molecule has 0 radical (unpaired) electrons. The van der Waals surface area contributed by atoms with Gasteiger partial charge in [-0.3, -0.25) is 19.2 Å². The fourth-order valence-electron chi connectivity index (χ4n) is 2.76. The maximum absolute atomic E-state index is 12.8. The summed E-state index contributed by atoms with van der Waals surface area (Å²) in [6.07, 6.45) is -0.355. The highest BCUT2D eigenvalue weighted by atomic mass is 16.4. The molecule has 2 unspecified atom stereocenters.